The fourth-order valence-electron chi connectivity index (χ4n) is 4.87. The normalized spacial score (nSPS) is 26.1. The lowest BCUT2D eigenvalue weighted by molar-refractivity contribution is -0.139. The molecule has 0 aromatic heterocycles. The average Bonchev–Trinajstić information content (AvgIpc) is 2.98. The third kappa shape index (κ3) is 3.53. The van der Waals surface area contributed by atoms with E-state index in [1.807, 2.05) is 9.80 Å². The predicted octanol–water partition coefficient (Wildman–Crippen LogP) is 2.91. The van der Waals surface area contributed by atoms with Crippen molar-refractivity contribution in [2.75, 3.05) is 43.1 Å². The highest BCUT2D eigenvalue weighted by molar-refractivity contribution is 5.86. The molecule has 2 N–H and O–H groups in total. The largest absolute Gasteiger partial charge is 0.465 e. The fraction of sp³-hybridized carbons (Fsp3) is 0.600. The van der Waals surface area contributed by atoms with Crippen molar-refractivity contribution < 1.29 is 23.8 Å². The number of nitrogens with one attached hydrogen (secondary N) is 1. The first-order chi connectivity index (χ1) is 13.5. The number of rotatable bonds is 3. The highest BCUT2D eigenvalue weighted by atomic mass is 19.1. The molecule has 1 atom stereocenters. The van der Waals surface area contributed by atoms with Crippen LogP contribution in [-0.4, -0.2) is 60.9 Å². The summed E-state index contributed by atoms with van der Waals surface area (Å²) in [5.74, 6) is -0.274. The van der Waals surface area contributed by atoms with Gasteiger partial charge in [0.05, 0.1) is 11.1 Å². The van der Waals surface area contributed by atoms with Crippen molar-refractivity contribution in [1.82, 2.24) is 4.90 Å². The molecule has 3 aliphatic rings. The minimum absolute atomic E-state index is 0.197. The summed E-state index contributed by atoms with van der Waals surface area (Å²) in [4.78, 5) is 28.0. The number of halogens is 1. The Balaban J connectivity index is 1.50. The summed E-state index contributed by atoms with van der Waals surface area (Å²) in [5.41, 5.74) is 0.177. The zero-order valence-electron chi connectivity index (χ0n) is 15.8. The van der Waals surface area contributed by atoms with Gasteiger partial charge in [0.15, 0.2) is 0 Å². The Hall–Kier alpha value is -2.35. The van der Waals surface area contributed by atoms with E-state index >= 15 is 0 Å². The number of benzene rings is 1. The van der Waals surface area contributed by atoms with E-state index in [-0.39, 0.29) is 17.6 Å². The minimum atomic E-state index is -1.23. The van der Waals surface area contributed by atoms with Crippen molar-refractivity contribution in [1.29, 1.82) is 0 Å². The van der Waals surface area contributed by atoms with Crippen LogP contribution >= 0.6 is 0 Å². The zero-order valence-corrected chi connectivity index (χ0v) is 15.8. The number of anilines is 2. The molecule has 152 valence electrons. The molecular weight excluding hydrogens is 365 g/mol. The summed E-state index contributed by atoms with van der Waals surface area (Å²) in [5, 5.41) is 10.9. The van der Waals surface area contributed by atoms with Crippen LogP contribution in [0, 0.1) is 11.2 Å². The SMILES string of the molecule is O=C(O)Nc1ccc(N2CCC[C@@]3(CCN(C4CCOCC4)C3=O)C2)c(F)c1. The van der Waals surface area contributed by atoms with Gasteiger partial charge >= 0.3 is 6.09 Å². The molecule has 0 bridgehead atoms. The number of carbonyl (C=O) groups excluding carboxylic acids is 1. The first-order valence-corrected chi connectivity index (χ1v) is 9.92. The molecule has 0 saturated carbocycles. The molecule has 7 nitrogen and oxygen atoms in total. The lowest BCUT2D eigenvalue weighted by atomic mass is 9.78. The van der Waals surface area contributed by atoms with Crippen molar-refractivity contribution >= 4 is 23.4 Å². The number of carbonyl (C=O) groups is 2. The minimum Gasteiger partial charge on any atom is -0.465 e. The average molecular weight is 391 g/mol. The molecule has 4 rings (SSSR count). The van der Waals surface area contributed by atoms with E-state index in [1.54, 1.807) is 12.1 Å². The van der Waals surface area contributed by atoms with Crippen LogP contribution in [0.5, 0.6) is 0 Å². The number of likely N-dealkylation sites (tertiary alicyclic amines) is 1. The van der Waals surface area contributed by atoms with E-state index in [9.17, 15) is 14.0 Å². The molecule has 3 saturated heterocycles. The molecule has 1 aromatic rings. The van der Waals surface area contributed by atoms with E-state index in [2.05, 4.69) is 5.32 Å². The van der Waals surface area contributed by atoms with Crippen molar-refractivity contribution in [3.63, 3.8) is 0 Å². The van der Waals surface area contributed by atoms with Crippen LogP contribution in [0.3, 0.4) is 0 Å². The second-order valence-corrected chi connectivity index (χ2v) is 7.99. The number of hydrogen-bond acceptors (Lipinski definition) is 4. The van der Waals surface area contributed by atoms with Crippen LogP contribution in [-0.2, 0) is 9.53 Å². The lowest BCUT2D eigenvalue weighted by Crippen LogP contribution is -2.50. The Morgan fingerprint density at radius 2 is 2.04 bits per heavy atom. The maximum absolute atomic E-state index is 14.6. The summed E-state index contributed by atoms with van der Waals surface area (Å²) >= 11 is 0. The number of ether oxygens (including phenoxy) is 1. The number of amides is 2. The van der Waals surface area contributed by atoms with Crippen molar-refractivity contribution in [2.24, 2.45) is 5.41 Å². The third-order valence-electron chi connectivity index (χ3n) is 6.29. The van der Waals surface area contributed by atoms with E-state index in [4.69, 9.17) is 9.84 Å². The molecule has 0 radical (unpaired) electrons. The maximum atomic E-state index is 14.6. The lowest BCUT2D eigenvalue weighted by Gasteiger charge is -2.41. The Labute approximate surface area is 163 Å². The summed E-state index contributed by atoms with van der Waals surface area (Å²) in [6.07, 6.45) is 3.02. The van der Waals surface area contributed by atoms with Crippen LogP contribution < -0.4 is 10.2 Å². The van der Waals surface area contributed by atoms with Crippen LogP contribution in [0.1, 0.15) is 32.1 Å². The molecule has 3 fully saturated rings. The number of nitrogens with zero attached hydrogens (tertiary/aromatic N) is 2. The van der Waals surface area contributed by atoms with E-state index in [0.717, 1.165) is 38.6 Å². The summed E-state index contributed by atoms with van der Waals surface area (Å²) in [6, 6.07) is 4.60. The molecule has 1 aromatic carbocycles. The van der Waals surface area contributed by atoms with E-state index in [0.29, 0.717) is 32.0 Å². The first kappa shape index (κ1) is 19.0. The van der Waals surface area contributed by atoms with Crippen LogP contribution in [0.25, 0.3) is 0 Å². The van der Waals surface area contributed by atoms with Gasteiger partial charge in [-0.1, -0.05) is 0 Å². The fourth-order valence-corrected chi connectivity index (χ4v) is 4.87. The van der Waals surface area contributed by atoms with Crippen LogP contribution in [0.4, 0.5) is 20.6 Å². The van der Waals surface area contributed by atoms with Gasteiger partial charge in [-0.3, -0.25) is 10.1 Å². The van der Waals surface area contributed by atoms with Crippen molar-refractivity contribution in [3.8, 4) is 0 Å². The summed E-state index contributed by atoms with van der Waals surface area (Å²) in [6.45, 7) is 3.37. The van der Waals surface area contributed by atoms with Crippen molar-refractivity contribution in [2.45, 2.75) is 38.1 Å². The van der Waals surface area contributed by atoms with Gasteiger partial charge in [-0.25, -0.2) is 9.18 Å². The van der Waals surface area contributed by atoms with E-state index < -0.39 is 17.3 Å². The molecule has 1 spiro atoms. The Kier molecular flexibility index (Phi) is 5.14. The smallest absolute Gasteiger partial charge is 0.409 e. The topological polar surface area (TPSA) is 82.1 Å². The number of hydrogen-bond donors (Lipinski definition) is 2. The molecule has 0 aliphatic carbocycles. The van der Waals surface area contributed by atoms with Gasteiger partial charge in [-0.2, -0.15) is 0 Å². The zero-order chi connectivity index (χ0) is 19.7. The highest BCUT2D eigenvalue weighted by Gasteiger charge is 2.50. The standard InChI is InChI=1S/C20H26FN3O4/c21-16-12-14(22-19(26)27)2-3-17(16)23-8-1-6-20(13-23)7-9-24(18(20)25)15-4-10-28-11-5-15/h2-3,12,15,22H,1,4-11,13H2,(H,26,27)/t20-/m1/s1. The second-order valence-electron chi connectivity index (χ2n) is 7.99. The van der Waals surface area contributed by atoms with Gasteiger partial charge in [0.1, 0.15) is 5.82 Å². The van der Waals surface area contributed by atoms with Gasteiger partial charge in [0.25, 0.3) is 0 Å². The summed E-state index contributed by atoms with van der Waals surface area (Å²) < 4.78 is 20.1. The molecule has 0 unspecified atom stereocenters. The van der Waals surface area contributed by atoms with Gasteiger partial charge in [-0.15, -0.1) is 0 Å². The predicted molar refractivity (Wildman–Crippen MR) is 102 cm³/mol. The molecule has 3 aliphatic heterocycles. The van der Waals surface area contributed by atoms with Gasteiger partial charge < -0.3 is 19.6 Å². The van der Waals surface area contributed by atoms with Crippen LogP contribution in [0.2, 0.25) is 0 Å². The first-order valence-electron chi connectivity index (χ1n) is 9.92. The van der Waals surface area contributed by atoms with Gasteiger partial charge in [0, 0.05) is 44.6 Å². The van der Waals surface area contributed by atoms with Gasteiger partial charge in [0.2, 0.25) is 5.91 Å². The van der Waals surface area contributed by atoms with Gasteiger partial charge in [-0.05, 0) is 50.3 Å². The number of piperidine rings is 1. The van der Waals surface area contributed by atoms with Crippen LogP contribution in [0.15, 0.2) is 18.2 Å². The number of carboxylic acid groups (broad SMARTS) is 1. The van der Waals surface area contributed by atoms with E-state index in [1.165, 1.54) is 6.07 Å². The Bertz CT molecular complexity index is 768. The monoisotopic (exact) mass is 391 g/mol. The molecule has 28 heavy (non-hydrogen) atoms. The molecule has 8 heteroatoms. The Morgan fingerprint density at radius 3 is 2.75 bits per heavy atom. The van der Waals surface area contributed by atoms with Crippen molar-refractivity contribution in [3.05, 3.63) is 24.0 Å². The summed E-state index contributed by atoms with van der Waals surface area (Å²) in [7, 11) is 0. The second kappa shape index (κ2) is 7.58. The Morgan fingerprint density at radius 1 is 1.25 bits per heavy atom. The molecular formula is C20H26FN3O4. The third-order valence-corrected chi connectivity index (χ3v) is 6.29. The highest BCUT2D eigenvalue weighted by Crippen LogP contribution is 2.43. The maximum Gasteiger partial charge on any atom is 0.409 e. The molecule has 2 amide bonds. The quantitative estimate of drug-likeness (QED) is 0.828. The molecule has 3 heterocycles.